The predicted molar refractivity (Wildman–Crippen MR) is 46.7 cm³/mol. The minimum atomic E-state index is -0.119. The predicted octanol–water partition coefficient (Wildman–Crippen LogP) is -0.284. The first-order valence-corrected chi connectivity index (χ1v) is 3.81. The molecular formula is C8H10N4O. The molecule has 1 aromatic heterocycles. The topological polar surface area (TPSA) is 67.8 Å². The lowest BCUT2D eigenvalue weighted by Gasteiger charge is -1.99. The molecule has 1 aromatic rings. The van der Waals surface area contributed by atoms with E-state index in [2.05, 4.69) is 26.8 Å². The SMILES string of the molecule is C=CCNC(=O)Cc1ncncn1. The van der Waals surface area contributed by atoms with Gasteiger partial charge in [0.15, 0.2) is 0 Å². The number of carbonyl (C=O) groups excluding carboxylic acids is 1. The van der Waals surface area contributed by atoms with Gasteiger partial charge in [-0.25, -0.2) is 15.0 Å². The van der Waals surface area contributed by atoms with Crippen LogP contribution in [0.2, 0.25) is 0 Å². The molecule has 0 unspecified atom stereocenters. The fraction of sp³-hybridized carbons (Fsp3) is 0.250. The van der Waals surface area contributed by atoms with Crippen LogP contribution in [0.4, 0.5) is 0 Å². The Morgan fingerprint density at radius 3 is 2.85 bits per heavy atom. The average molecular weight is 178 g/mol. The van der Waals surface area contributed by atoms with Crippen LogP contribution in [0.15, 0.2) is 25.3 Å². The number of carbonyl (C=O) groups is 1. The minimum absolute atomic E-state index is 0.119. The van der Waals surface area contributed by atoms with Crippen LogP contribution >= 0.6 is 0 Å². The summed E-state index contributed by atoms with van der Waals surface area (Å²) in [5, 5.41) is 2.62. The van der Waals surface area contributed by atoms with Gasteiger partial charge in [-0.2, -0.15) is 0 Å². The lowest BCUT2D eigenvalue weighted by molar-refractivity contribution is -0.120. The zero-order chi connectivity index (χ0) is 9.52. The van der Waals surface area contributed by atoms with Crippen molar-refractivity contribution in [2.45, 2.75) is 6.42 Å². The highest BCUT2D eigenvalue weighted by atomic mass is 16.1. The molecule has 13 heavy (non-hydrogen) atoms. The van der Waals surface area contributed by atoms with Crippen molar-refractivity contribution >= 4 is 5.91 Å². The number of aromatic nitrogens is 3. The molecule has 0 saturated carbocycles. The molecule has 0 fully saturated rings. The number of hydrogen-bond acceptors (Lipinski definition) is 4. The maximum absolute atomic E-state index is 11.1. The van der Waals surface area contributed by atoms with Gasteiger partial charge < -0.3 is 5.32 Å². The van der Waals surface area contributed by atoms with E-state index in [1.54, 1.807) is 6.08 Å². The first-order chi connectivity index (χ1) is 6.33. The maximum atomic E-state index is 11.1. The monoisotopic (exact) mass is 178 g/mol. The number of nitrogens with one attached hydrogen (secondary N) is 1. The van der Waals surface area contributed by atoms with Crippen LogP contribution in [0.3, 0.4) is 0 Å². The third-order valence-corrected chi connectivity index (χ3v) is 1.31. The van der Waals surface area contributed by atoms with Crippen molar-refractivity contribution in [2.24, 2.45) is 0 Å². The van der Waals surface area contributed by atoms with Gasteiger partial charge in [0.05, 0.1) is 6.42 Å². The van der Waals surface area contributed by atoms with Crippen LogP contribution in [0.5, 0.6) is 0 Å². The molecule has 0 atom stereocenters. The molecule has 0 aliphatic rings. The van der Waals surface area contributed by atoms with Crippen LogP contribution in [0, 0.1) is 0 Å². The molecular weight excluding hydrogens is 168 g/mol. The lowest BCUT2D eigenvalue weighted by Crippen LogP contribution is -2.25. The Hall–Kier alpha value is -1.78. The van der Waals surface area contributed by atoms with Gasteiger partial charge in [0, 0.05) is 6.54 Å². The summed E-state index contributed by atoms with van der Waals surface area (Å²) in [5.74, 6) is 0.350. The van der Waals surface area contributed by atoms with E-state index in [4.69, 9.17) is 0 Å². The molecule has 0 bridgehead atoms. The normalized spacial score (nSPS) is 9.23. The highest BCUT2D eigenvalue weighted by molar-refractivity contribution is 5.77. The van der Waals surface area contributed by atoms with E-state index in [1.165, 1.54) is 12.7 Å². The molecule has 0 aromatic carbocycles. The molecule has 5 nitrogen and oxygen atoms in total. The smallest absolute Gasteiger partial charge is 0.227 e. The second kappa shape index (κ2) is 4.97. The average Bonchev–Trinajstić information content (AvgIpc) is 2.16. The van der Waals surface area contributed by atoms with Gasteiger partial charge in [-0.15, -0.1) is 6.58 Å². The van der Waals surface area contributed by atoms with Gasteiger partial charge in [0.2, 0.25) is 5.91 Å². The summed E-state index contributed by atoms with van der Waals surface area (Å²) >= 11 is 0. The molecule has 1 N–H and O–H groups in total. The Balaban J connectivity index is 2.41. The quantitative estimate of drug-likeness (QED) is 0.644. The maximum Gasteiger partial charge on any atom is 0.227 e. The van der Waals surface area contributed by atoms with Crippen LogP contribution in [0.1, 0.15) is 5.82 Å². The van der Waals surface area contributed by atoms with Crippen LogP contribution in [0.25, 0.3) is 0 Å². The van der Waals surface area contributed by atoms with Gasteiger partial charge in [-0.3, -0.25) is 4.79 Å². The highest BCUT2D eigenvalue weighted by Gasteiger charge is 2.02. The Morgan fingerprint density at radius 1 is 1.54 bits per heavy atom. The van der Waals surface area contributed by atoms with E-state index in [9.17, 15) is 4.79 Å². The molecule has 0 spiro atoms. The van der Waals surface area contributed by atoms with Gasteiger partial charge in [0.1, 0.15) is 18.5 Å². The first-order valence-electron chi connectivity index (χ1n) is 3.81. The zero-order valence-corrected chi connectivity index (χ0v) is 7.10. The van der Waals surface area contributed by atoms with E-state index < -0.39 is 0 Å². The Morgan fingerprint density at radius 2 is 2.23 bits per heavy atom. The third kappa shape index (κ3) is 3.42. The van der Waals surface area contributed by atoms with E-state index in [0.29, 0.717) is 12.4 Å². The molecule has 68 valence electrons. The van der Waals surface area contributed by atoms with Gasteiger partial charge in [-0.05, 0) is 0 Å². The van der Waals surface area contributed by atoms with E-state index in [0.717, 1.165) is 0 Å². The van der Waals surface area contributed by atoms with Crippen molar-refractivity contribution in [1.29, 1.82) is 0 Å². The van der Waals surface area contributed by atoms with E-state index in [1.807, 2.05) is 0 Å². The van der Waals surface area contributed by atoms with Crippen LogP contribution in [-0.4, -0.2) is 27.4 Å². The summed E-state index contributed by atoms with van der Waals surface area (Å²) in [7, 11) is 0. The van der Waals surface area contributed by atoms with Crippen molar-refractivity contribution in [3.8, 4) is 0 Å². The molecule has 1 heterocycles. The van der Waals surface area contributed by atoms with Gasteiger partial charge >= 0.3 is 0 Å². The molecule has 0 aliphatic heterocycles. The Kier molecular flexibility index (Phi) is 3.56. The summed E-state index contributed by atoms with van der Waals surface area (Å²) in [6, 6.07) is 0. The Labute approximate surface area is 75.9 Å². The van der Waals surface area contributed by atoms with Crippen molar-refractivity contribution in [1.82, 2.24) is 20.3 Å². The van der Waals surface area contributed by atoms with E-state index in [-0.39, 0.29) is 12.3 Å². The number of hydrogen-bond donors (Lipinski definition) is 1. The van der Waals surface area contributed by atoms with Crippen LogP contribution < -0.4 is 5.32 Å². The second-order valence-electron chi connectivity index (χ2n) is 2.32. The fourth-order valence-electron chi connectivity index (χ4n) is 0.747. The summed E-state index contributed by atoms with van der Waals surface area (Å²) in [5.41, 5.74) is 0. The van der Waals surface area contributed by atoms with Gasteiger partial charge in [0.25, 0.3) is 0 Å². The van der Waals surface area contributed by atoms with Gasteiger partial charge in [-0.1, -0.05) is 6.08 Å². The number of nitrogens with zero attached hydrogens (tertiary/aromatic N) is 3. The summed E-state index contributed by atoms with van der Waals surface area (Å²) in [6.07, 6.45) is 4.52. The number of rotatable bonds is 4. The summed E-state index contributed by atoms with van der Waals surface area (Å²) in [4.78, 5) is 22.4. The molecule has 0 saturated heterocycles. The molecule has 0 aliphatic carbocycles. The van der Waals surface area contributed by atoms with Crippen molar-refractivity contribution in [3.05, 3.63) is 31.1 Å². The largest absolute Gasteiger partial charge is 0.352 e. The summed E-state index contributed by atoms with van der Waals surface area (Å²) < 4.78 is 0. The zero-order valence-electron chi connectivity index (χ0n) is 7.10. The lowest BCUT2D eigenvalue weighted by atomic mass is 10.4. The van der Waals surface area contributed by atoms with Crippen molar-refractivity contribution in [3.63, 3.8) is 0 Å². The Bertz CT molecular complexity index is 285. The molecule has 1 amide bonds. The highest BCUT2D eigenvalue weighted by Crippen LogP contribution is 1.86. The third-order valence-electron chi connectivity index (χ3n) is 1.31. The van der Waals surface area contributed by atoms with Crippen LogP contribution in [-0.2, 0) is 11.2 Å². The standard InChI is InChI=1S/C8H10N4O/c1-2-3-10-8(13)4-7-11-5-9-6-12-7/h2,5-6H,1,3-4H2,(H,10,13). The summed E-state index contributed by atoms with van der Waals surface area (Å²) in [6.45, 7) is 3.95. The van der Waals surface area contributed by atoms with E-state index >= 15 is 0 Å². The molecule has 1 rings (SSSR count). The fourth-order valence-corrected chi connectivity index (χ4v) is 0.747. The second-order valence-corrected chi connectivity index (χ2v) is 2.32. The van der Waals surface area contributed by atoms with Crippen molar-refractivity contribution < 1.29 is 4.79 Å². The van der Waals surface area contributed by atoms with Crippen molar-refractivity contribution in [2.75, 3.05) is 6.54 Å². The minimum Gasteiger partial charge on any atom is -0.352 e. The molecule has 5 heteroatoms. The first kappa shape index (κ1) is 9.31. The number of amides is 1. The molecule has 0 radical (unpaired) electrons.